The summed E-state index contributed by atoms with van der Waals surface area (Å²) in [5.74, 6) is -1.06. The fourth-order valence-electron chi connectivity index (χ4n) is 1.60. The van der Waals surface area contributed by atoms with Crippen LogP contribution in [-0.4, -0.2) is 26.2 Å². The molecule has 0 aliphatic heterocycles. The van der Waals surface area contributed by atoms with Crippen molar-refractivity contribution in [1.82, 2.24) is 0 Å². The summed E-state index contributed by atoms with van der Waals surface area (Å²) in [5, 5.41) is 0. The number of benzene rings is 1. The lowest BCUT2D eigenvalue weighted by atomic mass is 10.0. The van der Waals surface area contributed by atoms with Gasteiger partial charge in [-0.05, 0) is 24.1 Å². The van der Waals surface area contributed by atoms with Gasteiger partial charge in [-0.25, -0.2) is 9.59 Å². The molecule has 1 aromatic carbocycles. The highest BCUT2D eigenvalue weighted by Crippen LogP contribution is 2.15. The van der Waals surface area contributed by atoms with Crippen molar-refractivity contribution < 1.29 is 19.1 Å². The van der Waals surface area contributed by atoms with Gasteiger partial charge in [0, 0.05) is 0 Å². The molecule has 0 radical (unpaired) electrons. The maximum atomic E-state index is 11.6. The van der Waals surface area contributed by atoms with Crippen LogP contribution in [0.3, 0.4) is 0 Å². The van der Waals surface area contributed by atoms with Gasteiger partial charge in [-0.3, -0.25) is 0 Å². The number of carbonyl (C=O) groups is 2. The van der Waals surface area contributed by atoms with E-state index in [2.05, 4.69) is 9.47 Å². The first kappa shape index (κ1) is 13.2. The molecule has 0 heterocycles. The molecule has 0 aromatic heterocycles. The Labute approximate surface area is 101 Å². The van der Waals surface area contributed by atoms with E-state index in [1.807, 2.05) is 13.0 Å². The molecule has 0 fully saturated rings. The summed E-state index contributed by atoms with van der Waals surface area (Å²) in [5.41, 5.74) is 1.49. The van der Waals surface area contributed by atoms with Crippen molar-refractivity contribution in [2.24, 2.45) is 0 Å². The number of hydrogen-bond donors (Lipinski definition) is 0. The third-order valence-corrected chi connectivity index (χ3v) is 2.43. The van der Waals surface area contributed by atoms with Gasteiger partial charge in [0.2, 0.25) is 0 Å². The Balaban J connectivity index is 3.21. The second-order valence-corrected chi connectivity index (χ2v) is 3.61. The number of aryl methyl sites for hydroxylation is 1. The number of rotatable bonds is 4. The van der Waals surface area contributed by atoms with Crippen LogP contribution >= 0.6 is 0 Å². The molecule has 0 aliphatic carbocycles. The van der Waals surface area contributed by atoms with Gasteiger partial charge in [-0.15, -0.1) is 0 Å². The van der Waals surface area contributed by atoms with E-state index in [-0.39, 0.29) is 11.1 Å². The zero-order valence-electron chi connectivity index (χ0n) is 10.3. The number of hydrogen-bond acceptors (Lipinski definition) is 4. The topological polar surface area (TPSA) is 52.6 Å². The monoisotopic (exact) mass is 236 g/mol. The number of carbonyl (C=O) groups excluding carboxylic acids is 2. The van der Waals surface area contributed by atoms with E-state index in [1.54, 1.807) is 12.1 Å². The lowest BCUT2D eigenvalue weighted by Gasteiger charge is -2.08. The largest absolute Gasteiger partial charge is 0.465 e. The van der Waals surface area contributed by atoms with Crippen LogP contribution in [0.1, 0.15) is 39.6 Å². The van der Waals surface area contributed by atoms with Gasteiger partial charge >= 0.3 is 11.9 Å². The molecular formula is C13H16O4. The molecule has 92 valence electrons. The van der Waals surface area contributed by atoms with Gasteiger partial charge in [-0.1, -0.05) is 19.4 Å². The zero-order valence-corrected chi connectivity index (χ0v) is 10.3. The molecule has 0 unspecified atom stereocenters. The average Bonchev–Trinajstić information content (AvgIpc) is 2.37. The molecule has 1 rings (SSSR count). The minimum Gasteiger partial charge on any atom is -0.465 e. The highest BCUT2D eigenvalue weighted by atomic mass is 16.5. The van der Waals surface area contributed by atoms with E-state index in [9.17, 15) is 9.59 Å². The minimum atomic E-state index is -0.534. The average molecular weight is 236 g/mol. The van der Waals surface area contributed by atoms with Gasteiger partial charge in [0.15, 0.2) is 0 Å². The van der Waals surface area contributed by atoms with Crippen molar-refractivity contribution in [1.29, 1.82) is 0 Å². The molecule has 4 nitrogen and oxygen atoms in total. The summed E-state index contributed by atoms with van der Waals surface area (Å²) >= 11 is 0. The van der Waals surface area contributed by atoms with Gasteiger partial charge in [-0.2, -0.15) is 0 Å². The SMILES string of the molecule is CCCc1ccc(C(=O)OC)c(C(=O)OC)c1. The Bertz CT molecular complexity index is 423. The standard InChI is InChI=1S/C13H16O4/c1-4-5-9-6-7-10(12(14)16-2)11(8-9)13(15)17-3/h6-8H,4-5H2,1-3H3. The van der Waals surface area contributed by atoms with Crippen molar-refractivity contribution >= 4 is 11.9 Å². The summed E-state index contributed by atoms with van der Waals surface area (Å²) in [6.07, 6.45) is 1.82. The van der Waals surface area contributed by atoms with E-state index >= 15 is 0 Å². The maximum absolute atomic E-state index is 11.6. The second-order valence-electron chi connectivity index (χ2n) is 3.61. The molecule has 0 aliphatic rings. The van der Waals surface area contributed by atoms with Crippen molar-refractivity contribution in [2.75, 3.05) is 14.2 Å². The summed E-state index contributed by atoms with van der Waals surface area (Å²) in [6, 6.07) is 5.10. The molecular weight excluding hydrogens is 220 g/mol. The fraction of sp³-hybridized carbons (Fsp3) is 0.385. The van der Waals surface area contributed by atoms with Crippen molar-refractivity contribution in [3.63, 3.8) is 0 Å². The van der Waals surface area contributed by atoms with Gasteiger partial charge < -0.3 is 9.47 Å². The van der Waals surface area contributed by atoms with Crippen LogP contribution in [0.15, 0.2) is 18.2 Å². The lowest BCUT2D eigenvalue weighted by molar-refractivity contribution is 0.0555. The molecule has 17 heavy (non-hydrogen) atoms. The first-order valence-corrected chi connectivity index (χ1v) is 5.43. The smallest absolute Gasteiger partial charge is 0.338 e. The van der Waals surface area contributed by atoms with Crippen molar-refractivity contribution in [3.05, 3.63) is 34.9 Å². The molecule has 0 saturated carbocycles. The van der Waals surface area contributed by atoms with E-state index < -0.39 is 11.9 Å². The summed E-state index contributed by atoms with van der Waals surface area (Å²) < 4.78 is 9.28. The number of esters is 2. The third-order valence-electron chi connectivity index (χ3n) is 2.43. The zero-order chi connectivity index (χ0) is 12.8. The molecule has 0 N–H and O–H groups in total. The van der Waals surface area contributed by atoms with Gasteiger partial charge in [0.1, 0.15) is 0 Å². The summed E-state index contributed by atoms with van der Waals surface area (Å²) in [4.78, 5) is 23.1. The van der Waals surface area contributed by atoms with Crippen molar-refractivity contribution in [2.45, 2.75) is 19.8 Å². The van der Waals surface area contributed by atoms with Crippen LogP contribution in [-0.2, 0) is 15.9 Å². The normalized spacial score (nSPS) is 9.82. The Morgan fingerprint density at radius 3 is 2.18 bits per heavy atom. The first-order valence-electron chi connectivity index (χ1n) is 5.43. The minimum absolute atomic E-state index is 0.235. The summed E-state index contributed by atoms with van der Waals surface area (Å²) in [6.45, 7) is 2.05. The van der Waals surface area contributed by atoms with Gasteiger partial charge in [0.05, 0.1) is 25.3 Å². The quantitative estimate of drug-likeness (QED) is 0.752. The molecule has 1 aromatic rings. The third kappa shape index (κ3) is 3.06. The Kier molecular flexibility index (Phi) is 4.69. The van der Waals surface area contributed by atoms with E-state index in [0.717, 1.165) is 18.4 Å². The van der Waals surface area contributed by atoms with Crippen LogP contribution in [0.25, 0.3) is 0 Å². The molecule has 0 spiro atoms. The predicted octanol–water partition coefficient (Wildman–Crippen LogP) is 2.21. The molecule has 0 saturated heterocycles. The highest BCUT2D eigenvalue weighted by Gasteiger charge is 2.18. The summed E-state index contributed by atoms with van der Waals surface area (Å²) in [7, 11) is 2.57. The lowest BCUT2D eigenvalue weighted by Crippen LogP contribution is -2.12. The molecule has 4 heteroatoms. The highest BCUT2D eigenvalue weighted by molar-refractivity contribution is 6.03. The maximum Gasteiger partial charge on any atom is 0.338 e. The van der Waals surface area contributed by atoms with Crippen LogP contribution in [0, 0.1) is 0 Å². The predicted molar refractivity (Wildman–Crippen MR) is 63.1 cm³/mol. The Morgan fingerprint density at radius 2 is 1.65 bits per heavy atom. The second kappa shape index (κ2) is 6.03. The van der Waals surface area contributed by atoms with Crippen molar-refractivity contribution in [3.8, 4) is 0 Å². The number of methoxy groups -OCH3 is 2. The van der Waals surface area contributed by atoms with E-state index in [4.69, 9.17) is 0 Å². The van der Waals surface area contributed by atoms with Crippen LogP contribution in [0.2, 0.25) is 0 Å². The molecule has 0 bridgehead atoms. The first-order chi connectivity index (χ1) is 8.13. The molecule has 0 amide bonds. The molecule has 0 atom stereocenters. The Morgan fingerprint density at radius 1 is 1.06 bits per heavy atom. The van der Waals surface area contributed by atoms with Gasteiger partial charge in [0.25, 0.3) is 0 Å². The van der Waals surface area contributed by atoms with Crippen LogP contribution in [0.5, 0.6) is 0 Å². The number of ether oxygens (including phenoxy) is 2. The van der Waals surface area contributed by atoms with E-state index in [1.165, 1.54) is 14.2 Å². The van der Waals surface area contributed by atoms with E-state index in [0.29, 0.717) is 0 Å². The fourth-order valence-corrected chi connectivity index (χ4v) is 1.60. The van der Waals surface area contributed by atoms with Crippen LogP contribution < -0.4 is 0 Å². The Hall–Kier alpha value is -1.84. The van der Waals surface area contributed by atoms with Crippen LogP contribution in [0.4, 0.5) is 0 Å².